The Kier molecular flexibility index (Phi) is 3.13. The minimum Gasteiger partial charge on any atom is -0.337 e. The van der Waals surface area contributed by atoms with Gasteiger partial charge in [0.2, 0.25) is 5.91 Å². The van der Waals surface area contributed by atoms with Crippen LogP contribution in [0.5, 0.6) is 0 Å². The van der Waals surface area contributed by atoms with Crippen molar-refractivity contribution in [2.75, 3.05) is 0 Å². The van der Waals surface area contributed by atoms with E-state index in [0.29, 0.717) is 29.8 Å². The fraction of sp³-hybridized carbons (Fsp3) is 0.933. The Morgan fingerprint density at radius 1 is 1.22 bits per heavy atom. The minimum absolute atomic E-state index is 0.137. The van der Waals surface area contributed by atoms with Crippen molar-refractivity contribution in [2.45, 2.75) is 70.5 Å². The Morgan fingerprint density at radius 2 is 1.94 bits per heavy atom. The zero-order valence-electron chi connectivity index (χ0n) is 11.6. The number of hydrogen-bond donors (Lipinski definition) is 1. The number of amides is 1. The minimum atomic E-state index is 0.137. The summed E-state index contributed by atoms with van der Waals surface area (Å²) in [5.74, 6) is 1.73. The van der Waals surface area contributed by atoms with Crippen LogP contribution in [-0.2, 0) is 4.79 Å². The molecule has 1 amide bonds. The maximum atomic E-state index is 12.9. The number of rotatable bonds is 2. The molecule has 18 heavy (non-hydrogen) atoms. The van der Waals surface area contributed by atoms with E-state index in [4.69, 9.17) is 5.73 Å². The largest absolute Gasteiger partial charge is 0.337 e. The van der Waals surface area contributed by atoms with E-state index in [-0.39, 0.29) is 12.0 Å². The second-order valence-corrected chi connectivity index (χ2v) is 6.67. The summed E-state index contributed by atoms with van der Waals surface area (Å²) in [5.41, 5.74) is 6.32. The Bertz CT molecular complexity index is 335. The Morgan fingerprint density at radius 3 is 2.56 bits per heavy atom. The molecule has 0 spiro atoms. The summed E-state index contributed by atoms with van der Waals surface area (Å²) in [6, 6.07) is 1.04. The molecule has 0 aromatic heterocycles. The predicted octanol–water partition coefficient (Wildman–Crippen LogP) is 2.15. The van der Waals surface area contributed by atoms with Gasteiger partial charge in [-0.1, -0.05) is 6.92 Å². The average molecular weight is 250 g/mol. The molecule has 3 heteroatoms. The number of carbonyl (C=O) groups is 1. The monoisotopic (exact) mass is 250 g/mol. The fourth-order valence-electron chi connectivity index (χ4n) is 4.74. The SMILES string of the molecule is CCC1CCC(C)N1C(=O)C1C2CCC(C2)C1N. The topological polar surface area (TPSA) is 46.3 Å². The maximum Gasteiger partial charge on any atom is 0.228 e. The van der Waals surface area contributed by atoms with E-state index in [2.05, 4.69) is 18.7 Å². The number of hydrogen-bond acceptors (Lipinski definition) is 2. The first-order valence-electron chi connectivity index (χ1n) is 7.71. The first-order valence-corrected chi connectivity index (χ1v) is 7.71. The molecule has 0 radical (unpaired) electrons. The third kappa shape index (κ3) is 1.70. The lowest BCUT2D eigenvalue weighted by molar-refractivity contribution is -0.140. The molecular weight excluding hydrogens is 224 g/mol. The molecule has 3 fully saturated rings. The summed E-state index contributed by atoms with van der Waals surface area (Å²) >= 11 is 0. The van der Waals surface area contributed by atoms with E-state index in [1.165, 1.54) is 32.1 Å². The van der Waals surface area contributed by atoms with Crippen LogP contribution in [0.1, 0.15) is 52.4 Å². The third-order valence-electron chi connectivity index (χ3n) is 5.78. The molecule has 0 aromatic rings. The van der Waals surface area contributed by atoms with E-state index in [1.807, 2.05) is 0 Å². The van der Waals surface area contributed by atoms with E-state index in [0.717, 1.165) is 6.42 Å². The lowest BCUT2D eigenvalue weighted by atomic mass is 9.83. The van der Waals surface area contributed by atoms with Gasteiger partial charge in [0.25, 0.3) is 0 Å². The smallest absolute Gasteiger partial charge is 0.228 e. The first-order chi connectivity index (χ1) is 8.63. The van der Waals surface area contributed by atoms with Crippen molar-refractivity contribution in [3.8, 4) is 0 Å². The molecule has 1 heterocycles. The number of nitrogens with zero attached hydrogens (tertiary/aromatic N) is 1. The van der Waals surface area contributed by atoms with Gasteiger partial charge < -0.3 is 10.6 Å². The van der Waals surface area contributed by atoms with Crippen molar-refractivity contribution < 1.29 is 4.79 Å². The molecule has 3 nitrogen and oxygen atoms in total. The van der Waals surface area contributed by atoms with Crippen LogP contribution in [0.15, 0.2) is 0 Å². The van der Waals surface area contributed by atoms with Crippen molar-refractivity contribution in [1.29, 1.82) is 0 Å². The van der Waals surface area contributed by atoms with Gasteiger partial charge in [-0.15, -0.1) is 0 Å². The molecule has 6 atom stereocenters. The highest BCUT2D eigenvalue weighted by Gasteiger charge is 2.51. The maximum absolute atomic E-state index is 12.9. The van der Waals surface area contributed by atoms with Crippen LogP contribution in [0, 0.1) is 17.8 Å². The summed E-state index contributed by atoms with van der Waals surface area (Å²) in [5, 5.41) is 0. The van der Waals surface area contributed by atoms with E-state index < -0.39 is 0 Å². The summed E-state index contributed by atoms with van der Waals surface area (Å²) in [7, 11) is 0. The quantitative estimate of drug-likeness (QED) is 0.816. The van der Waals surface area contributed by atoms with Crippen LogP contribution in [-0.4, -0.2) is 28.9 Å². The van der Waals surface area contributed by atoms with Crippen LogP contribution < -0.4 is 5.73 Å². The van der Waals surface area contributed by atoms with Gasteiger partial charge in [-0.05, 0) is 57.3 Å². The van der Waals surface area contributed by atoms with Crippen molar-refractivity contribution in [2.24, 2.45) is 23.5 Å². The number of carbonyl (C=O) groups excluding carboxylic acids is 1. The molecule has 6 unspecified atom stereocenters. The normalized spacial score (nSPS) is 46.9. The molecule has 3 aliphatic rings. The first kappa shape index (κ1) is 12.5. The van der Waals surface area contributed by atoms with Gasteiger partial charge in [0.15, 0.2) is 0 Å². The highest BCUT2D eigenvalue weighted by molar-refractivity contribution is 5.81. The summed E-state index contributed by atoms with van der Waals surface area (Å²) in [6.07, 6.45) is 7.12. The van der Waals surface area contributed by atoms with Gasteiger partial charge in [0, 0.05) is 18.1 Å². The highest BCUT2D eigenvalue weighted by atomic mass is 16.2. The van der Waals surface area contributed by atoms with Gasteiger partial charge in [0.05, 0.1) is 5.92 Å². The zero-order valence-corrected chi connectivity index (χ0v) is 11.6. The van der Waals surface area contributed by atoms with Crippen molar-refractivity contribution >= 4 is 5.91 Å². The molecule has 0 aromatic carbocycles. The zero-order chi connectivity index (χ0) is 12.9. The fourth-order valence-corrected chi connectivity index (χ4v) is 4.74. The number of fused-ring (bicyclic) bond motifs is 2. The Balaban J connectivity index is 1.78. The summed E-state index contributed by atoms with van der Waals surface area (Å²) in [4.78, 5) is 15.1. The number of likely N-dealkylation sites (tertiary alicyclic amines) is 1. The van der Waals surface area contributed by atoms with Crippen LogP contribution >= 0.6 is 0 Å². The van der Waals surface area contributed by atoms with Gasteiger partial charge >= 0.3 is 0 Å². The van der Waals surface area contributed by atoms with Crippen LogP contribution in [0.3, 0.4) is 0 Å². The molecule has 2 aliphatic carbocycles. The third-order valence-corrected chi connectivity index (χ3v) is 5.78. The van der Waals surface area contributed by atoms with Crippen LogP contribution in [0.25, 0.3) is 0 Å². The predicted molar refractivity (Wildman–Crippen MR) is 71.9 cm³/mol. The molecule has 2 bridgehead atoms. The molecule has 3 rings (SSSR count). The summed E-state index contributed by atoms with van der Waals surface area (Å²) < 4.78 is 0. The lowest BCUT2D eigenvalue weighted by Crippen LogP contribution is -2.50. The van der Waals surface area contributed by atoms with Crippen LogP contribution in [0.2, 0.25) is 0 Å². The lowest BCUT2D eigenvalue weighted by Gasteiger charge is -2.35. The molecular formula is C15H26N2O. The molecule has 2 saturated carbocycles. The van der Waals surface area contributed by atoms with Crippen LogP contribution in [0.4, 0.5) is 0 Å². The average Bonchev–Trinajstić information content (AvgIpc) is 3.02. The van der Waals surface area contributed by atoms with Crippen molar-refractivity contribution in [3.63, 3.8) is 0 Å². The molecule has 2 N–H and O–H groups in total. The molecule has 102 valence electrons. The number of nitrogens with two attached hydrogens (primary N) is 1. The second-order valence-electron chi connectivity index (χ2n) is 6.67. The molecule has 1 saturated heterocycles. The van der Waals surface area contributed by atoms with Gasteiger partial charge in [-0.25, -0.2) is 0 Å². The molecule has 1 aliphatic heterocycles. The summed E-state index contributed by atoms with van der Waals surface area (Å²) in [6.45, 7) is 4.40. The van der Waals surface area contributed by atoms with Gasteiger partial charge in [-0.2, -0.15) is 0 Å². The Hall–Kier alpha value is -0.570. The Labute approximate surface area is 110 Å². The van der Waals surface area contributed by atoms with E-state index in [9.17, 15) is 4.79 Å². The van der Waals surface area contributed by atoms with Crippen molar-refractivity contribution in [3.05, 3.63) is 0 Å². The standard InChI is InChI=1S/C15H26N2O/c1-3-12-7-4-9(2)17(12)15(18)13-10-5-6-11(8-10)14(13)16/h9-14H,3-8,16H2,1-2H3. The van der Waals surface area contributed by atoms with Gasteiger partial charge in [-0.3, -0.25) is 4.79 Å². The highest BCUT2D eigenvalue weighted by Crippen LogP contribution is 2.49. The van der Waals surface area contributed by atoms with Gasteiger partial charge in [0.1, 0.15) is 0 Å². The second kappa shape index (κ2) is 4.52. The van der Waals surface area contributed by atoms with Crippen molar-refractivity contribution in [1.82, 2.24) is 4.90 Å². The van der Waals surface area contributed by atoms with E-state index >= 15 is 0 Å². The van der Waals surface area contributed by atoms with E-state index in [1.54, 1.807) is 0 Å².